The van der Waals surface area contributed by atoms with E-state index in [0.717, 1.165) is 41.4 Å². The average molecular weight is 355 g/mol. The van der Waals surface area contributed by atoms with Crippen LogP contribution in [0.1, 0.15) is 30.4 Å². The number of nitrogens with one attached hydrogen (secondary N) is 1. The zero-order valence-electron chi connectivity index (χ0n) is 14.3. The van der Waals surface area contributed by atoms with E-state index in [4.69, 9.17) is 9.15 Å². The molecular formula is C18H21N5O3. The van der Waals surface area contributed by atoms with E-state index < -0.39 is 0 Å². The van der Waals surface area contributed by atoms with Crippen LogP contribution in [0, 0.1) is 5.92 Å². The largest absolute Gasteiger partial charge is 0.464 e. The molecule has 0 spiro atoms. The first-order valence-corrected chi connectivity index (χ1v) is 9.03. The minimum absolute atomic E-state index is 0.150. The van der Waals surface area contributed by atoms with Gasteiger partial charge in [-0.15, -0.1) is 10.2 Å². The SMILES string of the molecule is O[C@@H]1C[C@@H](c2nnc3n2CCOC3)C[C@@H]1CNc1nccc2occc12. The lowest BCUT2D eigenvalue weighted by atomic mass is 10.0. The molecule has 0 saturated heterocycles. The van der Waals surface area contributed by atoms with Gasteiger partial charge < -0.3 is 24.1 Å². The van der Waals surface area contributed by atoms with Gasteiger partial charge in [0.2, 0.25) is 0 Å². The third kappa shape index (κ3) is 2.65. The summed E-state index contributed by atoms with van der Waals surface area (Å²) in [6.45, 7) is 2.67. The highest BCUT2D eigenvalue weighted by atomic mass is 16.5. The highest BCUT2D eigenvalue weighted by molar-refractivity contribution is 5.87. The average Bonchev–Trinajstić information content (AvgIpc) is 3.38. The van der Waals surface area contributed by atoms with Gasteiger partial charge in [0.15, 0.2) is 5.82 Å². The van der Waals surface area contributed by atoms with Crippen molar-refractivity contribution in [1.82, 2.24) is 19.7 Å². The maximum absolute atomic E-state index is 10.6. The number of aliphatic hydroxyl groups excluding tert-OH is 1. The Kier molecular flexibility index (Phi) is 3.86. The van der Waals surface area contributed by atoms with Crippen molar-refractivity contribution in [3.8, 4) is 0 Å². The molecule has 0 unspecified atom stereocenters. The number of pyridine rings is 1. The molecule has 8 nitrogen and oxygen atoms in total. The Labute approximate surface area is 150 Å². The molecule has 2 N–H and O–H groups in total. The van der Waals surface area contributed by atoms with Crippen molar-refractivity contribution in [3.63, 3.8) is 0 Å². The molecule has 0 radical (unpaired) electrons. The third-order valence-corrected chi connectivity index (χ3v) is 5.48. The Morgan fingerprint density at radius 3 is 3.19 bits per heavy atom. The first kappa shape index (κ1) is 15.8. The van der Waals surface area contributed by atoms with Gasteiger partial charge in [-0.05, 0) is 25.0 Å². The quantitative estimate of drug-likeness (QED) is 0.738. The maximum Gasteiger partial charge on any atom is 0.159 e. The number of fused-ring (bicyclic) bond motifs is 2. The number of nitrogens with zero attached hydrogens (tertiary/aromatic N) is 4. The molecule has 3 aromatic rings. The van der Waals surface area contributed by atoms with E-state index in [1.54, 1.807) is 12.5 Å². The summed E-state index contributed by atoms with van der Waals surface area (Å²) in [5.41, 5.74) is 0.810. The van der Waals surface area contributed by atoms with Crippen LogP contribution in [-0.2, 0) is 17.9 Å². The Morgan fingerprint density at radius 1 is 1.27 bits per heavy atom. The topological polar surface area (TPSA) is 98.2 Å². The lowest BCUT2D eigenvalue weighted by Crippen LogP contribution is -2.22. The summed E-state index contributed by atoms with van der Waals surface area (Å²) in [6.07, 6.45) is 4.63. The molecule has 5 rings (SSSR count). The molecule has 1 fully saturated rings. The molecule has 2 aliphatic rings. The molecule has 1 aliphatic carbocycles. The standard InChI is InChI=1S/C18H21N5O3/c24-14-8-11(18-22-21-16-10-25-6-4-23(16)18)7-12(14)9-20-17-13-2-5-26-15(13)1-3-19-17/h1-3,5,11-12,14,24H,4,6-10H2,(H,19,20)/t11-,12+,14+/m0/s1. The lowest BCUT2D eigenvalue weighted by molar-refractivity contribution is 0.0801. The van der Waals surface area contributed by atoms with Crippen molar-refractivity contribution >= 4 is 16.8 Å². The Morgan fingerprint density at radius 2 is 2.23 bits per heavy atom. The predicted molar refractivity (Wildman–Crippen MR) is 93.6 cm³/mol. The van der Waals surface area contributed by atoms with Gasteiger partial charge in [0, 0.05) is 31.1 Å². The zero-order chi connectivity index (χ0) is 17.5. The number of aromatic nitrogens is 4. The van der Waals surface area contributed by atoms with Gasteiger partial charge in [0.05, 0.1) is 24.4 Å². The van der Waals surface area contributed by atoms with Gasteiger partial charge in [0.25, 0.3) is 0 Å². The van der Waals surface area contributed by atoms with Crippen LogP contribution in [0.2, 0.25) is 0 Å². The van der Waals surface area contributed by atoms with Crippen LogP contribution in [0.3, 0.4) is 0 Å². The monoisotopic (exact) mass is 355 g/mol. The van der Waals surface area contributed by atoms with E-state index in [2.05, 4.69) is 25.1 Å². The van der Waals surface area contributed by atoms with Crippen molar-refractivity contribution < 1.29 is 14.3 Å². The van der Waals surface area contributed by atoms with E-state index in [9.17, 15) is 5.11 Å². The molecule has 4 heterocycles. The summed E-state index contributed by atoms with van der Waals surface area (Å²) < 4.78 is 13.0. The summed E-state index contributed by atoms with van der Waals surface area (Å²) in [6, 6.07) is 3.75. The van der Waals surface area contributed by atoms with Crippen molar-refractivity contribution in [1.29, 1.82) is 0 Å². The summed E-state index contributed by atoms with van der Waals surface area (Å²) in [5.74, 6) is 3.05. The molecule has 26 heavy (non-hydrogen) atoms. The molecule has 8 heteroatoms. The number of hydrogen-bond donors (Lipinski definition) is 2. The summed E-state index contributed by atoms with van der Waals surface area (Å²) in [7, 11) is 0. The van der Waals surface area contributed by atoms with Crippen LogP contribution in [0.25, 0.3) is 11.0 Å². The normalized spacial score (nSPS) is 25.5. The molecule has 3 atom stereocenters. The number of hydrogen-bond acceptors (Lipinski definition) is 7. The zero-order valence-corrected chi connectivity index (χ0v) is 14.3. The summed E-state index contributed by atoms with van der Waals surface area (Å²) >= 11 is 0. The second-order valence-electron chi connectivity index (χ2n) is 7.05. The van der Waals surface area contributed by atoms with E-state index in [0.29, 0.717) is 26.2 Å². The van der Waals surface area contributed by atoms with Crippen LogP contribution in [0.4, 0.5) is 5.82 Å². The van der Waals surface area contributed by atoms with Crippen LogP contribution < -0.4 is 5.32 Å². The van der Waals surface area contributed by atoms with Gasteiger partial charge in [0.1, 0.15) is 23.8 Å². The fraction of sp³-hybridized carbons (Fsp3) is 0.500. The molecule has 1 aliphatic heterocycles. The van der Waals surface area contributed by atoms with E-state index in [1.165, 1.54) is 0 Å². The van der Waals surface area contributed by atoms with E-state index in [1.807, 2.05) is 12.1 Å². The molecular weight excluding hydrogens is 334 g/mol. The van der Waals surface area contributed by atoms with Crippen molar-refractivity contribution in [2.45, 2.75) is 38.0 Å². The second kappa shape index (κ2) is 6.37. The molecule has 136 valence electrons. The van der Waals surface area contributed by atoms with Crippen LogP contribution >= 0.6 is 0 Å². The van der Waals surface area contributed by atoms with Gasteiger partial charge in [-0.2, -0.15) is 0 Å². The summed E-state index contributed by atoms with van der Waals surface area (Å²) in [5, 5.41) is 23.5. The second-order valence-corrected chi connectivity index (χ2v) is 7.05. The third-order valence-electron chi connectivity index (χ3n) is 5.48. The highest BCUT2D eigenvalue weighted by Crippen LogP contribution is 2.38. The molecule has 0 bridgehead atoms. The van der Waals surface area contributed by atoms with Crippen LogP contribution in [0.15, 0.2) is 29.0 Å². The number of rotatable bonds is 4. The van der Waals surface area contributed by atoms with Gasteiger partial charge in [-0.25, -0.2) is 4.98 Å². The molecule has 3 aromatic heterocycles. The first-order chi connectivity index (χ1) is 12.8. The van der Waals surface area contributed by atoms with Crippen molar-refractivity contribution in [2.75, 3.05) is 18.5 Å². The van der Waals surface area contributed by atoms with E-state index >= 15 is 0 Å². The number of furan rings is 1. The fourth-order valence-electron chi connectivity index (χ4n) is 4.12. The molecule has 0 aromatic carbocycles. The summed E-state index contributed by atoms with van der Waals surface area (Å²) in [4.78, 5) is 4.40. The Hall–Kier alpha value is -2.45. The highest BCUT2D eigenvalue weighted by Gasteiger charge is 2.37. The molecule has 0 amide bonds. The fourth-order valence-corrected chi connectivity index (χ4v) is 4.12. The van der Waals surface area contributed by atoms with E-state index in [-0.39, 0.29) is 17.9 Å². The number of ether oxygens (including phenoxy) is 1. The predicted octanol–water partition coefficient (Wildman–Crippen LogP) is 1.92. The van der Waals surface area contributed by atoms with Crippen molar-refractivity contribution in [3.05, 3.63) is 36.2 Å². The lowest BCUT2D eigenvalue weighted by Gasteiger charge is -2.18. The van der Waals surface area contributed by atoms with Crippen LogP contribution in [0.5, 0.6) is 0 Å². The Balaban J connectivity index is 1.29. The smallest absolute Gasteiger partial charge is 0.159 e. The van der Waals surface area contributed by atoms with Gasteiger partial charge >= 0.3 is 0 Å². The minimum atomic E-state index is -0.358. The molecule has 1 saturated carbocycles. The Bertz CT molecular complexity index is 921. The minimum Gasteiger partial charge on any atom is -0.464 e. The van der Waals surface area contributed by atoms with Gasteiger partial charge in [-0.3, -0.25) is 0 Å². The van der Waals surface area contributed by atoms with Gasteiger partial charge in [-0.1, -0.05) is 0 Å². The number of anilines is 1. The first-order valence-electron chi connectivity index (χ1n) is 9.03. The van der Waals surface area contributed by atoms with Crippen LogP contribution in [-0.4, -0.2) is 44.1 Å². The van der Waals surface area contributed by atoms with Crippen molar-refractivity contribution in [2.24, 2.45) is 5.92 Å². The number of aliphatic hydroxyl groups is 1. The maximum atomic E-state index is 10.6.